The molecule has 35 heavy (non-hydrogen) atoms. The molecule has 0 saturated carbocycles. The summed E-state index contributed by atoms with van der Waals surface area (Å²) in [6.45, 7) is 0. The van der Waals surface area contributed by atoms with Crippen LogP contribution < -0.4 is 24.2 Å². The van der Waals surface area contributed by atoms with Crippen molar-refractivity contribution in [3.63, 3.8) is 0 Å². The van der Waals surface area contributed by atoms with Crippen LogP contribution in [0.5, 0.6) is 17.4 Å². The summed E-state index contributed by atoms with van der Waals surface area (Å²) in [4.78, 5) is 31.0. The summed E-state index contributed by atoms with van der Waals surface area (Å²) in [6.07, 6.45) is 1.39. The molecule has 2 aromatic carbocycles. The maximum atomic E-state index is 14.1. The zero-order chi connectivity index (χ0) is 25.5. The highest BCUT2D eigenvalue weighted by atomic mass is 35.5. The molecular formula is C23H20ClN3O7S. The normalized spacial score (nSPS) is 17.1. The lowest BCUT2D eigenvalue weighted by Gasteiger charge is -2.27. The van der Waals surface area contributed by atoms with Crippen molar-refractivity contribution in [1.29, 1.82) is 0 Å². The first-order chi connectivity index (χ1) is 16.6. The van der Waals surface area contributed by atoms with Crippen molar-refractivity contribution in [1.82, 2.24) is 4.98 Å². The quantitative estimate of drug-likeness (QED) is 0.471. The van der Waals surface area contributed by atoms with Crippen LogP contribution in [0.2, 0.25) is 5.02 Å². The number of nitrogens with two attached hydrogens (primary N) is 1. The van der Waals surface area contributed by atoms with Crippen molar-refractivity contribution in [2.75, 3.05) is 25.6 Å². The Hall–Kier alpha value is -3.83. The predicted molar refractivity (Wildman–Crippen MR) is 126 cm³/mol. The third-order valence-corrected chi connectivity index (χ3v) is 7.69. The van der Waals surface area contributed by atoms with Crippen LogP contribution in [0.1, 0.15) is 11.1 Å². The van der Waals surface area contributed by atoms with Gasteiger partial charge in [0, 0.05) is 28.4 Å². The van der Waals surface area contributed by atoms with E-state index in [9.17, 15) is 18.0 Å². The van der Waals surface area contributed by atoms with Gasteiger partial charge in [-0.15, -0.1) is 0 Å². The number of hydrogen-bond donors (Lipinski definition) is 1. The highest BCUT2D eigenvalue weighted by Gasteiger charge is 2.61. The van der Waals surface area contributed by atoms with Gasteiger partial charge >= 0.3 is 0 Å². The van der Waals surface area contributed by atoms with Crippen molar-refractivity contribution in [2.45, 2.75) is 10.3 Å². The first-order valence-electron chi connectivity index (χ1n) is 10.1. The van der Waals surface area contributed by atoms with E-state index in [-0.39, 0.29) is 38.4 Å². The van der Waals surface area contributed by atoms with E-state index < -0.39 is 27.3 Å². The predicted octanol–water partition coefficient (Wildman–Crippen LogP) is 2.27. The van der Waals surface area contributed by atoms with Crippen molar-refractivity contribution in [2.24, 2.45) is 5.73 Å². The maximum absolute atomic E-state index is 14.1. The van der Waals surface area contributed by atoms with Crippen molar-refractivity contribution < 1.29 is 32.2 Å². The van der Waals surface area contributed by atoms with Crippen LogP contribution in [0.3, 0.4) is 0 Å². The van der Waals surface area contributed by atoms with Gasteiger partial charge in [-0.2, -0.15) is 0 Å². The zero-order valence-electron chi connectivity index (χ0n) is 18.8. The molecule has 12 heteroatoms. The summed E-state index contributed by atoms with van der Waals surface area (Å²) in [5.41, 5.74) is 3.40. The molecule has 10 nitrogen and oxygen atoms in total. The highest BCUT2D eigenvalue weighted by Crippen LogP contribution is 2.51. The van der Waals surface area contributed by atoms with Gasteiger partial charge in [0.2, 0.25) is 11.8 Å². The average Bonchev–Trinajstić information content (AvgIpc) is 3.12. The number of aromatic nitrogens is 1. The van der Waals surface area contributed by atoms with Crippen LogP contribution >= 0.6 is 11.6 Å². The number of benzene rings is 2. The SMILES string of the molecule is COc1ccc(S(=O)(=O)N2C(=O)C(C(N)=O)(c3cccnc3OC)c3cc(Cl)ccc32)c(OC)c1. The molecule has 1 aromatic heterocycles. The minimum atomic E-state index is -4.62. The van der Waals surface area contributed by atoms with Crippen molar-refractivity contribution in [3.05, 3.63) is 70.9 Å². The zero-order valence-corrected chi connectivity index (χ0v) is 20.4. The molecule has 2 heterocycles. The largest absolute Gasteiger partial charge is 0.497 e. The molecule has 1 aliphatic rings. The second-order valence-corrected chi connectivity index (χ2v) is 9.62. The summed E-state index contributed by atoms with van der Waals surface area (Å²) < 4.78 is 44.0. The van der Waals surface area contributed by atoms with Gasteiger partial charge in [-0.1, -0.05) is 17.7 Å². The number of fused-ring (bicyclic) bond motifs is 1. The van der Waals surface area contributed by atoms with Crippen molar-refractivity contribution >= 4 is 39.1 Å². The fourth-order valence-corrected chi connectivity index (χ4v) is 5.94. The number of ether oxygens (including phenoxy) is 3. The third-order valence-electron chi connectivity index (χ3n) is 5.71. The summed E-state index contributed by atoms with van der Waals surface area (Å²) in [7, 11) is -0.630. The third kappa shape index (κ3) is 3.46. The topological polar surface area (TPSA) is 138 Å². The molecule has 1 unspecified atom stereocenters. The summed E-state index contributed by atoms with van der Waals surface area (Å²) in [5.74, 6) is -2.06. The molecule has 2 amide bonds. The number of primary amides is 1. The van der Waals surface area contributed by atoms with Gasteiger partial charge in [0.05, 0.1) is 27.0 Å². The van der Waals surface area contributed by atoms with Gasteiger partial charge < -0.3 is 19.9 Å². The fraction of sp³-hybridized carbons (Fsp3) is 0.174. The van der Waals surface area contributed by atoms with E-state index >= 15 is 0 Å². The maximum Gasteiger partial charge on any atom is 0.274 e. The van der Waals surface area contributed by atoms with Crippen LogP contribution in [0.15, 0.2) is 59.6 Å². The Morgan fingerprint density at radius 1 is 1.03 bits per heavy atom. The number of rotatable bonds is 7. The highest BCUT2D eigenvalue weighted by molar-refractivity contribution is 7.93. The Balaban J connectivity index is 2.06. The summed E-state index contributed by atoms with van der Waals surface area (Å²) >= 11 is 6.21. The van der Waals surface area contributed by atoms with Gasteiger partial charge in [0.15, 0.2) is 5.41 Å². The van der Waals surface area contributed by atoms with Crippen LogP contribution in [0, 0.1) is 0 Å². The molecule has 182 valence electrons. The van der Waals surface area contributed by atoms with E-state index in [2.05, 4.69) is 4.98 Å². The van der Waals surface area contributed by atoms with Gasteiger partial charge in [-0.3, -0.25) is 9.59 Å². The Morgan fingerprint density at radius 3 is 2.40 bits per heavy atom. The van der Waals surface area contributed by atoms with E-state index in [1.165, 1.54) is 76.1 Å². The van der Waals surface area contributed by atoms with E-state index in [0.29, 0.717) is 10.1 Å². The smallest absolute Gasteiger partial charge is 0.274 e. The monoisotopic (exact) mass is 517 g/mol. The molecule has 0 spiro atoms. The van der Waals surface area contributed by atoms with Crippen LogP contribution in [-0.2, 0) is 25.0 Å². The first kappa shape index (κ1) is 24.3. The minimum absolute atomic E-state index is 0.0233. The molecule has 0 aliphatic carbocycles. The Labute approximate surface area is 206 Å². The van der Waals surface area contributed by atoms with Gasteiger partial charge in [-0.05, 0) is 36.4 Å². The van der Waals surface area contributed by atoms with Crippen LogP contribution in [-0.4, -0.2) is 46.5 Å². The fourth-order valence-electron chi connectivity index (χ4n) is 4.16. The van der Waals surface area contributed by atoms with E-state index in [0.717, 1.165) is 0 Å². The molecule has 0 radical (unpaired) electrons. The lowest BCUT2D eigenvalue weighted by molar-refractivity contribution is -0.131. The molecule has 3 aromatic rings. The average molecular weight is 518 g/mol. The second-order valence-electron chi connectivity index (χ2n) is 7.43. The molecule has 0 bridgehead atoms. The number of anilines is 1. The molecule has 1 aliphatic heterocycles. The first-order valence-corrected chi connectivity index (χ1v) is 11.9. The molecule has 0 fully saturated rings. The van der Waals surface area contributed by atoms with Gasteiger partial charge in [0.25, 0.3) is 15.9 Å². The van der Waals surface area contributed by atoms with E-state index in [4.69, 9.17) is 31.5 Å². The molecule has 2 N–H and O–H groups in total. The number of methoxy groups -OCH3 is 3. The number of halogens is 1. The minimum Gasteiger partial charge on any atom is -0.497 e. The van der Waals surface area contributed by atoms with E-state index in [1.807, 2.05) is 0 Å². The second kappa shape index (κ2) is 8.75. The van der Waals surface area contributed by atoms with Gasteiger partial charge in [0.1, 0.15) is 16.4 Å². The Morgan fingerprint density at radius 2 is 1.77 bits per heavy atom. The number of hydrogen-bond acceptors (Lipinski definition) is 8. The number of nitrogens with zero attached hydrogens (tertiary/aromatic N) is 2. The lowest BCUT2D eigenvalue weighted by Crippen LogP contribution is -2.51. The number of amides is 2. The number of carbonyl (C=O) groups excluding carboxylic acids is 2. The summed E-state index contributed by atoms with van der Waals surface area (Å²) in [6, 6.07) is 11.0. The number of sulfonamides is 1. The molecular weight excluding hydrogens is 498 g/mol. The number of carbonyl (C=O) groups is 2. The Kier molecular flexibility index (Phi) is 6.07. The standard InChI is InChI=1S/C23H20ClN3O7S/c1-32-14-7-9-19(18(12-14)33-2)35(30,31)27-17-8-6-13(24)11-16(17)23(21(25)28,22(27)29)15-5-4-10-26-20(15)34-3/h4-12H,1-3H3,(H2,25,28). The Bertz CT molecular complexity index is 1460. The summed E-state index contributed by atoms with van der Waals surface area (Å²) in [5, 5.41) is 0.159. The lowest BCUT2D eigenvalue weighted by atomic mass is 9.75. The van der Waals surface area contributed by atoms with Gasteiger partial charge in [-0.25, -0.2) is 17.7 Å². The molecule has 4 rings (SSSR count). The van der Waals surface area contributed by atoms with E-state index in [1.54, 1.807) is 0 Å². The van der Waals surface area contributed by atoms with Crippen molar-refractivity contribution in [3.8, 4) is 17.4 Å². The van der Waals surface area contributed by atoms with Crippen LogP contribution in [0.25, 0.3) is 0 Å². The number of pyridine rings is 1. The molecule has 1 atom stereocenters. The molecule has 0 saturated heterocycles. The van der Waals surface area contributed by atoms with Crippen LogP contribution in [0.4, 0.5) is 5.69 Å².